The molecule has 0 aromatic carbocycles. The second-order valence-electron chi connectivity index (χ2n) is 5.93. The fraction of sp³-hybridized carbons (Fsp3) is 0.600. The highest BCUT2D eigenvalue weighted by atomic mass is 19.1. The van der Waals surface area contributed by atoms with Gasteiger partial charge in [0.1, 0.15) is 0 Å². The molecule has 114 valence electrons. The number of likely N-dealkylation sites (tertiary alicyclic amines) is 1. The number of alkyl halides is 1. The van der Waals surface area contributed by atoms with Crippen molar-refractivity contribution in [2.45, 2.75) is 31.4 Å². The first-order valence-corrected chi connectivity index (χ1v) is 7.38. The van der Waals surface area contributed by atoms with E-state index < -0.39 is 11.6 Å². The van der Waals surface area contributed by atoms with Crippen LogP contribution in [0.3, 0.4) is 0 Å². The lowest BCUT2D eigenvalue weighted by Crippen LogP contribution is -2.55. The van der Waals surface area contributed by atoms with Crippen LogP contribution in [0.2, 0.25) is 0 Å². The van der Waals surface area contributed by atoms with Crippen molar-refractivity contribution in [1.29, 1.82) is 0 Å². The maximum atomic E-state index is 14.9. The van der Waals surface area contributed by atoms with Crippen LogP contribution in [-0.2, 0) is 4.79 Å². The Morgan fingerprint density at radius 1 is 1.48 bits per heavy atom. The molecule has 1 aliphatic heterocycles. The Hall–Kier alpha value is -1.85. The molecule has 1 aromatic heterocycles. The highest BCUT2D eigenvalue weighted by Gasteiger charge is 2.44. The Balaban J connectivity index is 1.63. The lowest BCUT2D eigenvalue weighted by molar-refractivity contribution is -0.135. The Bertz CT molecular complexity index is 527. The Kier molecular flexibility index (Phi) is 3.69. The number of hydrogen-bond donors (Lipinski definition) is 1. The molecule has 1 atom stereocenters. The molecule has 0 spiro atoms. The lowest BCUT2D eigenvalue weighted by atomic mass is 9.93. The first-order valence-electron chi connectivity index (χ1n) is 7.38. The molecule has 3 rings (SSSR count). The van der Waals surface area contributed by atoms with E-state index in [1.54, 1.807) is 12.1 Å². The van der Waals surface area contributed by atoms with Gasteiger partial charge < -0.3 is 14.6 Å². The van der Waals surface area contributed by atoms with Gasteiger partial charge >= 0.3 is 0 Å². The van der Waals surface area contributed by atoms with Gasteiger partial charge in [-0.1, -0.05) is 0 Å². The maximum absolute atomic E-state index is 14.9. The summed E-state index contributed by atoms with van der Waals surface area (Å²) >= 11 is 0. The number of halogens is 1. The molecular weight excluding hydrogens is 275 g/mol. The van der Waals surface area contributed by atoms with E-state index in [0.717, 1.165) is 12.8 Å². The first kappa shape index (κ1) is 14.1. The number of nitrogens with zero attached hydrogens (tertiary/aromatic N) is 1. The smallest absolute Gasteiger partial charge is 0.289 e. The normalized spacial score (nSPS) is 25.7. The summed E-state index contributed by atoms with van der Waals surface area (Å²) in [4.78, 5) is 25.6. The molecule has 2 fully saturated rings. The van der Waals surface area contributed by atoms with Crippen molar-refractivity contribution >= 4 is 11.8 Å². The standard InChI is InChI=1S/C15H19FN2O3/c16-15(14(20)17-9-11-4-5-11)6-2-7-18(10-15)13(19)12-3-1-8-21-12/h1,3,8,11H,2,4-7,9-10H2,(H,17,20). The van der Waals surface area contributed by atoms with E-state index in [1.165, 1.54) is 11.2 Å². The molecule has 1 N–H and O–H groups in total. The van der Waals surface area contributed by atoms with Crippen LogP contribution < -0.4 is 5.32 Å². The molecule has 21 heavy (non-hydrogen) atoms. The van der Waals surface area contributed by atoms with E-state index in [9.17, 15) is 14.0 Å². The third-order valence-corrected chi connectivity index (χ3v) is 4.12. The molecule has 6 heteroatoms. The van der Waals surface area contributed by atoms with Crippen molar-refractivity contribution in [2.75, 3.05) is 19.6 Å². The SMILES string of the molecule is O=C(c1ccco1)N1CCCC(F)(C(=O)NCC2CC2)C1. The number of carbonyl (C=O) groups excluding carboxylic acids is 2. The van der Waals surface area contributed by atoms with Crippen LogP contribution in [0.25, 0.3) is 0 Å². The van der Waals surface area contributed by atoms with E-state index in [-0.39, 0.29) is 24.6 Å². The molecule has 1 aromatic rings. The molecule has 1 saturated carbocycles. The van der Waals surface area contributed by atoms with Crippen molar-refractivity contribution in [1.82, 2.24) is 10.2 Å². The minimum atomic E-state index is -1.99. The predicted molar refractivity (Wildman–Crippen MR) is 73.4 cm³/mol. The second kappa shape index (κ2) is 5.50. The van der Waals surface area contributed by atoms with Crippen LogP contribution in [0.5, 0.6) is 0 Å². The molecule has 1 unspecified atom stereocenters. The van der Waals surface area contributed by atoms with Crippen LogP contribution in [-0.4, -0.2) is 42.0 Å². The fourth-order valence-corrected chi connectivity index (χ4v) is 2.64. The average Bonchev–Trinajstić information content (AvgIpc) is 3.15. The zero-order valence-corrected chi connectivity index (χ0v) is 11.8. The van der Waals surface area contributed by atoms with Gasteiger partial charge in [0.2, 0.25) is 5.67 Å². The topological polar surface area (TPSA) is 62.6 Å². The molecular formula is C15H19FN2O3. The third-order valence-electron chi connectivity index (χ3n) is 4.12. The predicted octanol–water partition coefficient (Wildman–Crippen LogP) is 1.75. The number of amides is 2. The molecule has 1 saturated heterocycles. The molecule has 0 radical (unpaired) electrons. The second-order valence-corrected chi connectivity index (χ2v) is 5.93. The Morgan fingerprint density at radius 2 is 2.29 bits per heavy atom. The number of hydrogen-bond acceptors (Lipinski definition) is 3. The summed E-state index contributed by atoms with van der Waals surface area (Å²) < 4.78 is 19.9. The van der Waals surface area contributed by atoms with Crippen LogP contribution in [0.1, 0.15) is 36.2 Å². The highest BCUT2D eigenvalue weighted by Crippen LogP contribution is 2.30. The summed E-state index contributed by atoms with van der Waals surface area (Å²) in [6.45, 7) is 0.779. The number of carbonyl (C=O) groups is 2. The number of piperidine rings is 1. The van der Waals surface area contributed by atoms with E-state index in [1.807, 2.05) is 0 Å². The quantitative estimate of drug-likeness (QED) is 0.920. The molecule has 2 heterocycles. The van der Waals surface area contributed by atoms with E-state index >= 15 is 0 Å². The van der Waals surface area contributed by atoms with Gasteiger partial charge in [0.15, 0.2) is 5.76 Å². The van der Waals surface area contributed by atoms with Gasteiger partial charge in [-0.2, -0.15) is 0 Å². The molecule has 2 amide bonds. The fourth-order valence-electron chi connectivity index (χ4n) is 2.64. The van der Waals surface area contributed by atoms with Crippen molar-refractivity contribution < 1.29 is 18.4 Å². The maximum Gasteiger partial charge on any atom is 0.289 e. The summed E-state index contributed by atoms with van der Waals surface area (Å²) in [7, 11) is 0. The monoisotopic (exact) mass is 294 g/mol. The van der Waals surface area contributed by atoms with Crippen molar-refractivity contribution in [3.63, 3.8) is 0 Å². The molecule has 2 aliphatic rings. The Labute approximate surface area is 122 Å². The Morgan fingerprint density at radius 3 is 2.95 bits per heavy atom. The van der Waals surface area contributed by atoms with Gasteiger partial charge in [0, 0.05) is 13.1 Å². The van der Waals surface area contributed by atoms with Crippen LogP contribution in [0, 0.1) is 5.92 Å². The summed E-state index contributed by atoms with van der Waals surface area (Å²) in [5.41, 5.74) is -1.99. The van der Waals surface area contributed by atoms with Crippen LogP contribution >= 0.6 is 0 Å². The van der Waals surface area contributed by atoms with Crippen molar-refractivity contribution in [3.8, 4) is 0 Å². The van der Waals surface area contributed by atoms with Crippen molar-refractivity contribution in [2.24, 2.45) is 5.92 Å². The average molecular weight is 294 g/mol. The van der Waals surface area contributed by atoms with E-state index in [2.05, 4.69) is 5.32 Å². The van der Waals surface area contributed by atoms with E-state index in [0.29, 0.717) is 25.4 Å². The summed E-state index contributed by atoms with van der Waals surface area (Å²) in [6.07, 6.45) is 4.23. The summed E-state index contributed by atoms with van der Waals surface area (Å²) in [5.74, 6) is -0.275. The van der Waals surface area contributed by atoms with E-state index in [4.69, 9.17) is 4.42 Å². The number of rotatable bonds is 4. The third kappa shape index (κ3) is 3.09. The zero-order chi connectivity index (χ0) is 14.9. The minimum Gasteiger partial charge on any atom is -0.459 e. The largest absolute Gasteiger partial charge is 0.459 e. The van der Waals surface area contributed by atoms with Crippen LogP contribution in [0.15, 0.2) is 22.8 Å². The van der Waals surface area contributed by atoms with Crippen LogP contribution in [0.4, 0.5) is 4.39 Å². The first-order chi connectivity index (χ1) is 10.1. The van der Waals surface area contributed by atoms with Gasteiger partial charge in [-0.25, -0.2) is 4.39 Å². The summed E-state index contributed by atoms with van der Waals surface area (Å²) in [5, 5.41) is 2.67. The lowest BCUT2D eigenvalue weighted by Gasteiger charge is -2.35. The van der Waals surface area contributed by atoms with Gasteiger partial charge in [-0.3, -0.25) is 9.59 Å². The van der Waals surface area contributed by atoms with Gasteiger partial charge in [0.05, 0.1) is 12.8 Å². The summed E-state index contributed by atoms with van der Waals surface area (Å²) in [6, 6.07) is 3.16. The molecule has 0 bridgehead atoms. The minimum absolute atomic E-state index is 0.158. The molecule has 5 nitrogen and oxygen atoms in total. The van der Waals surface area contributed by atoms with Gasteiger partial charge in [-0.15, -0.1) is 0 Å². The molecule has 1 aliphatic carbocycles. The van der Waals surface area contributed by atoms with Gasteiger partial charge in [0.25, 0.3) is 11.8 Å². The van der Waals surface area contributed by atoms with Crippen molar-refractivity contribution in [3.05, 3.63) is 24.2 Å². The zero-order valence-electron chi connectivity index (χ0n) is 11.8. The number of nitrogens with one attached hydrogen (secondary N) is 1. The number of furan rings is 1. The van der Waals surface area contributed by atoms with Gasteiger partial charge in [-0.05, 0) is 43.7 Å². The highest BCUT2D eigenvalue weighted by molar-refractivity contribution is 5.93.